The molecule has 0 saturated carbocycles. The molecule has 98 valence electrons. The van der Waals surface area contributed by atoms with Crippen LogP contribution in [0.1, 0.15) is 29.3 Å². The van der Waals surface area contributed by atoms with Crippen LogP contribution < -0.4 is 5.73 Å². The van der Waals surface area contributed by atoms with E-state index in [4.69, 9.17) is 18.0 Å². The zero-order valence-electron chi connectivity index (χ0n) is 10.7. The Hall–Kier alpha value is -1.49. The maximum atomic E-state index is 13.3. The number of hydrogen-bond donors (Lipinski definition) is 1. The summed E-state index contributed by atoms with van der Waals surface area (Å²) in [6.07, 6.45) is 0.450. The summed E-state index contributed by atoms with van der Waals surface area (Å²) < 4.78 is 13.3. The lowest BCUT2D eigenvalue weighted by Gasteiger charge is -2.24. The number of rotatable bonds is 4. The molecule has 0 radical (unpaired) electrons. The molecule has 5 heteroatoms. The van der Waals surface area contributed by atoms with Crippen molar-refractivity contribution in [2.45, 2.75) is 26.3 Å². The molecule has 0 aromatic heterocycles. The van der Waals surface area contributed by atoms with Crippen LogP contribution in [-0.4, -0.2) is 28.9 Å². The topological polar surface area (TPSA) is 46.3 Å². The number of nitrogens with two attached hydrogens (primary N) is 1. The van der Waals surface area contributed by atoms with E-state index >= 15 is 0 Å². The van der Waals surface area contributed by atoms with Crippen LogP contribution in [0.3, 0.4) is 0 Å². The molecule has 1 aromatic carbocycles. The molecule has 0 fully saturated rings. The van der Waals surface area contributed by atoms with Crippen LogP contribution in [0.2, 0.25) is 0 Å². The van der Waals surface area contributed by atoms with Crippen LogP contribution in [0.4, 0.5) is 4.39 Å². The summed E-state index contributed by atoms with van der Waals surface area (Å²) in [7, 11) is 1.66. The molecule has 2 N–H and O–H groups in total. The Bertz CT molecular complexity index is 456. The van der Waals surface area contributed by atoms with Gasteiger partial charge in [0.05, 0.1) is 4.99 Å². The van der Waals surface area contributed by atoms with E-state index in [1.54, 1.807) is 20.0 Å². The van der Waals surface area contributed by atoms with Gasteiger partial charge < -0.3 is 10.6 Å². The van der Waals surface area contributed by atoms with Crippen LogP contribution in [0.25, 0.3) is 0 Å². The number of carbonyl (C=O) groups is 1. The summed E-state index contributed by atoms with van der Waals surface area (Å²) in [5, 5.41) is 0. The van der Waals surface area contributed by atoms with Crippen molar-refractivity contribution >= 4 is 23.1 Å². The van der Waals surface area contributed by atoms with Crippen LogP contribution in [-0.2, 0) is 0 Å². The SMILES string of the molecule is Cc1cc(F)cc(C(=O)N(C)C(C)CC(N)=S)c1. The number of nitrogens with zero attached hydrogens (tertiary/aromatic N) is 1. The summed E-state index contributed by atoms with van der Waals surface area (Å²) in [6, 6.07) is 4.17. The number of carbonyl (C=O) groups excluding carboxylic acids is 1. The maximum absolute atomic E-state index is 13.3. The molecule has 1 amide bonds. The molecule has 18 heavy (non-hydrogen) atoms. The molecule has 0 saturated heterocycles. The lowest BCUT2D eigenvalue weighted by Crippen LogP contribution is -2.37. The van der Waals surface area contributed by atoms with Gasteiger partial charge in [-0.25, -0.2) is 4.39 Å². The number of hydrogen-bond acceptors (Lipinski definition) is 2. The van der Waals surface area contributed by atoms with Gasteiger partial charge in [-0.05, 0) is 37.6 Å². The fraction of sp³-hybridized carbons (Fsp3) is 0.385. The lowest BCUT2D eigenvalue weighted by atomic mass is 10.1. The predicted octanol–water partition coefficient (Wildman–Crippen LogP) is 2.27. The minimum absolute atomic E-state index is 0.112. The molecule has 0 heterocycles. The van der Waals surface area contributed by atoms with Crippen molar-refractivity contribution in [2.75, 3.05) is 7.05 Å². The van der Waals surface area contributed by atoms with Gasteiger partial charge >= 0.3 is 0 Å². The van der Waals surface area contributed by atoms with Crippen molar-refractivity contribution in [2.24, 2.45) is 5.73 Å². The van der Waals surface area contributed by atoms with Crippen molar-refractivity contribution in [3.8, 4) is 0 Å². The molecule has 0 aliphatic heterocycles. The quantitative estimate of drug-likeness (QED) is 0.852. The Morgan fingerprint density at radius 3 is 2.61 bits per heavy atom. The highest BCUT2D eigenvalue weighted by molar-refractivity contribution is 7.80. The van der Waals surface area contributed by atoms with Crippen LogP contribution in [0.15, 0.2) is 18.2 Å². The van der Waals surface area contributed by atoms with Gasteiger partial charge in [-0.2, -0.15) is 0 Å². The molecule has 1 rings (SSSR count). The second kappa shape index (κ2) is 5.91. The van der Waals surface area contributed by atoms with E-state index in [1.165, 1.54) is 17.0 Å². The van der Waals surface area contributed by atoms with Gasteiger partial charge in [0, 0.05) is 25.1 Å². The second-order valence-corrected chi connectivity index (χ2v) is 4.98. The van der Waals surface area contributed by atoms with Crippen molar-refractivity contribution in [3.63, 3.8) is 0 Å². The Labute approximate surface area is 112 Å². The molecule has 1 aromatic rings. The monoisotopic (exact) mass is 268 g/mol. The largest absolute Gasteiger partial charge is 0.393 e. The summed E-state index contributed by atoms with van der Waals surface area (Å²) in [6.45, 7) is 3.60. The third-order valence-electron chi connectivity index (χ3n) is 2.77. The number of amides is 1. The van der Waals surface area contributed by atoms with Crippen molar-refractivity contribution < 1.29 is 9.18 Å². The number of halogens is 1. The van der Waals surface area contributed by atoms with Gasteiger partial charge in [0.25, 0.3) is 5.91 Å². The fourth-order valence-corrected chi connectivity index (χ4v) is 1.93. The molecule has 1 unspecified atom stereocenters. The predicted molar refractivity (Wildman–Crippen MR) is 74.1 cm³/mol. The molecule has 3 nitrogen and oxygen atoms in total. The highest BCUT2D eigenvalue weighted by Crippen LogP contribution is 2.13. The molecule has 0 aliphatic carbocycles. The first-order valence-electron chi connectivity index (χ1n) is 5.64. The van der Waals surface area contributed by atoms with E-state index in [1.807, 2.05) is 6.92 Å². The van der Waals surface area contributed by atoms with Crippen molar-refractivity contribution in [3.05, 3.63) is 35.1 Å². The first-order chi connectivity index (χ1) is 8.31. The highest BCUT2D eigenvalue weighted by Gasteiger charge is 2.18. The third-order valence-corrected chi connectivity index (χ3v) is 2.93. The van der Waals surface area contributed by atoms with Crippen LogP contribution >= 0.6 is 12.2 Å². The van der Waals surface area contributed by atoms with Crippen molar-refractivity contribution in [1.29, 1.82) is 0 Å². The number of aryl methyl sites for hydroxylation is 1. The molecule has 1 atom stereocenters. The van der Waals surface area contributed by atoms with Gasteiger partial charge in [0.2, 0.25) is 0 Å². The Morgan fingerprint density at radius 1 is 1.50 bits per heavy atom. The molecule has 0 bridgehead atoms. The average Bonchev–Trinajstić information content (AvgIpc) is 2.24. The van der Waals surface area contributed by atoms with Gasteiger partial charge in [-0.15, -0.1) is 0 Å². The molecule has 0 spiro atoms. The van der Waals surface area contributed by atoms with E-state index in [2.05, 4.69) is 0 Å². The standard InChI is InChI=1S/C13H17FN2OS/c1-8-4-10(7-11(14)5-8)13(17)16(3)9(2)6-12(15)18/h4-5,7,9H,6H2,1-3H3,(H2,15,18). The maximum Gasteiger partial charge on any atom is 0.253 e. The zero-order valence-corrected chi connectivity index (χ0v) is 11.6. The lowest BCUT2D eigenvalue weighted by molar-refractivity contribution is 0.0747. The van der Waals surface area contributed by atoms with Gasteiger partial charge in [-0.3, -0.25) is 4.79 Å². The molecular weight excluding hydrogens is 251 g/mol. The van der Waals surface area contributed by atoms with Crippen molar-refractivity contribution in [1.82, 2.24) is 4.90 Å². The summed E-state index contributed by atoms with van der Waals surface area (Å²) in [5.41, 5.74) is 6.51. The summed E-state index contributed by atoms with van der Waals surface area (Å²) in [5.74, 6) is -0.643. The number of thiocarbonyl (C=S) groups is 1. The zero-order chi connectivity index (χ0) is 13.9. The minimum Gasteiger partial charge on any atom is -0.393 e. The van der Waals surface area contributed by atoms with E-state index in [9.17, 15) is 9.18 Å². The van der Waals surface area contributed by atoms with E-state index in [0.717, 1.165) is 0 Å². The summed E-state index contributed by atoms with van der Waals surface area (Å²) in [4.78, 5) is 14.0. The Morgan fingerprint density at radius 2 is 2.11 bits per heavy atom. The van der Waals surface area contributed by atoms with Crippen LogP contribution in [0, 0.1) is 12.7 Å². The van der Waals surface area contributed by atoms with E-state index < -0.39 is 5.82 Å². The Balaban J connectivity index is 2.89. The normalized spacial score (nSPS) is 12.0. The van der Waals surface area contributed by atoms with Gasteiger partial charge in [-0.1, -0.05) is 12.2 Å². The van der Waals surface area contributed by atoms with Crippen LogP contribution in [0.5, 0.6) is 0 Å². The van der Waals surface area contributed by atoms with Gasteiger partial charge in [0.15, 0.2) is 0 Å². The molecule has 0 aliphatic rings. The first-order valence-corrected chi connectivity index (χ1v) is 6.04. The average molecular weight is 268 g/mol. The van der Waals surface area contributed by atoms with E-state index in [-0.39, 0.29) is 11.9 Å². The first kappa shape index (κ1) is 14.6. The highest BCUT2D eigenvalue weighted by atomic mass is 32.1. The Kier molecular flexibility index (Phi) is 4.78. The number of benzene rings is 1. The van der Waals surface area contributed by atoms with E-state index in [0.29, 0.717) is 22.5 Å². The second-order valence-electron chi connectivity index (χ2n) is 4.45. The van der Waals surface area contributed by atoms with Gasteiger partial charge in [0.1, 0.15) is 5.82 Å². The summed E-state index contributed by atoms with van der Waals surface area (Å²) >= 11 is 4.82. The molecular formula is C13H17FN2OS. The minimum atomic E-state index is -0.409. The smallest absolute Gasteiger partial charge is 0.253 e. The fourth-order valence-electron chi connectivity index (χ4n) is 1.69. The third kappa shape index (κ3) is 3.77.